The molecule has 0 radical (unpaired) electrons. The maximum absolute atomic E-state index is 5.68. The first-order valence-electron chi connectivity index (χ1n) is 5.77. The molecule has 1 aromatic heterocycles. The van der Waals surface area contributed by atoms with Crippen LogP contribution in [0.4, 0.5) is 0 Å². The fourth-order valence-corrected chi connectivity index (χ4v) is 2.16. The van der Waals surface area contributed by atoms with Gasteiger partial charge >= 0.3 is 0 Å². The molecule has 17 heavy (non-hydrogen) atoms. The summed E-state index contributed by atoms with van der Waals surface area (Å²) >= 11 is 0. The first kappa shape index (κ1) is 10.6. The molecule has 1 unspecified atom stereocenters. The zero-order chi connectivity index (χ0) is 11.9. The van der Waals surface area contributed by atoms with Crippen molar-refractivity contribution in [3.05, 3.63) is 35.7 Å². The molecular formula is C13H14N2O2. The number of rotatable bonds is 2. The Labute approximate surface area is 99.6 Å². The van der Waals surface area contributed by atoms with E-state index in [1.165, 1.54) is 0 Å². The van der Waals surface area contributed by atoms with Crippen molar-refractivity contribution in [2.75, 3.05) is 6.61 Å². The van der Waals surface area contributed by atoms with Crippen LogP contribution in [-0.2, 0) is 21.9 Å². The van der Waals surface area contributed by atoms with Gasteiger partial charge in [0.25, 0.3) is 0 Å². The Morgan fingerprint density at radius 2 is 2.00 bits per heavy atom. The second-order valence-corrected chi connectivity index (χ2v) is 4.18. The minimum absolute atomic E-state index is 0.462. The highest BCUT2D eigenvalue weighted by Gasteiger charge is 2.39. The molecular weight excluding hydrogens is 216 g/mol. The second-order valence-electron chi connectivity index (χ2n) is 4.18. The van der Waals surface area contributed by atoms with Crippen LogP contribution in [0.1, 0.15) is 25.2 Å². The van der Waals surface area contributed by atoms with E-state index in [9.17, 15) is 0 Å². The molecule has 2 aromatic rings. The van der Waals surface area contributed by atoms with Crippen LogP contribution >= 0.6 is 0 Å². The predicted octanol–water partition coefficient (Wildman–Crippen LogP) is 2.37. The van der Waals surface area contributed by atoms with Gasteiger partial charge in [-0.3, -0.25) is 0 Å². The molecule has 0 spiro atoms. The van der Waals surface area contributed by atoms with Crippen molar-refractivity contribution in [2.45, 2.75) is 26.2 Å². The summed E-state index contributed by atoms with van der Waals surface area (Å²) in [6, 6.07) is 7.82. The van der Waals surface area contributed by atoms with Gasteiger partial charge in [-0.05, 0) is 26.0 Å². The van der Waals surface area contributed by atoms with Gasteiger partial charge in [-0.1, -0.05) is 12.1 Å². The lowest BCUT2D eigenvalue weighted by Crippen LogP contribution is -2.26. The van der Waals surface area contributed by atoms with Gasteiger partial charge in [0, 0.05) is 6.61 Å². The zero-order valence-corrected chi connectivity index (χ0v) is 9.93. The van der Waals surface area contributed by atoms with E-state index in [1.54, 1.807) is 0 Å². The zero-order valence-electron chi connectivity index (χ0n) is 9.93. The van der Waals surface area contributed by atoms with Crippen LogP contribution in [0.3, 0.4) is 0 Å². The molecule has 0 N–H and O–H groups in total. The largest absolute Gasteiger partial charge is 0.345 e. The van der Waals surface area contributed by atoms with Crippen LogP contribution in [0.15, 0.2) is 24.3 Å². The minimum Gasteiger partial charge on any atom is -0.345 e. The highest BCUT2D eigenvalue weighted by atomic mass is 16.7. The molecule has 4 heteroatoms. The third-order valence-corrected chi connectivity index (χ3v) is 2.98. The number of hydrogen-bond acceptors (Lipinski definition) is 4. The Morgan fingerprint density at radius 1 is 1.29 bits per heavy atom. The van der Waals surface area contributed by atoms with Gasteiger partial charge in [0.1, 0.15) is 5.69 Å². The molecule has 1 aliphatic rings. The molecule has 0 bridgehead atoms. The molecule has 1 aromatic carbocycles. The number of hydrogen-bond donors (Lipinski definition) is 0. The maximum Gasteiger partial charge on any atom is 0.211 e. The van der Waals surface area contributed by atoms with Gasteiger partial charge in [-0.25, -0.2) is 9.97 Å². The molecule has 0 saturated heterocycles. The van der Waals surface area contributed by atoms with Crippen LogP contribution in [-0.4, -0.2) is 16.6 Å². The highest BCUT2D eigenvalue weighted by molar-refractivity contribution is 5.74. The molecule has 3 rings (SSSR count). The number of ether oxygens (including phenoxy) is 2. The van der Waals surface area contributed by atoms with Crippen LogP contribution in [0.2, 0.25) is 0 Å². The van der Waals surface area contributed by atoms with Crippen molar-refractivity contribution < 1.29 is 9.47 Å². The van der Waals surface area contributed by atoms with Gasteiger partial charge in [-0.15, -0.1) is 0 Å². The lowest BCUT2D eigenvalue weighted by molar-refractivity contribution is -0.225. The van der Waals surface area contributed by atoms with Crippen LogP contribution in [0.5, 0.6) is 0 Å². The van der Waals surface area contributed by atoms with Crippen molar-refractivity contribution in [3.63, 3.8) is 0 Å². The van der Waals surface area contributed by atoms with E-state index in [0.29, 0.717) is 13.2 Å². The quantitative estimate of drug-likeness (QED) is 0.794. The van der Waals surface area contributed by atoms with Crippen molar-refractivity contribution in [1.82, 2.24) is 9.97 Å². The second kappa shape index (κ2) is 3.75. The summed E-state index contributed by atoms with van der Waals surface area (Å²) in [5, 5.41) is 0. The topological polar surface area (TPSA) is 44.2 Å². The van der Waals surface area contributed by atoms with E-state index in [4.69, 9.17) is 9.47 Å². The fraction of sp³-hybridized carbons (Fsp3) is 0.385. The van der Waals surface area contributed by atoms with Crippen LogP contribution in [0.25, 0.3) is 11.0 Å². The van der Waals surface area contributed by atoms with E-state index in [0.717, 1.165) is 22.4 Å². The minimum atomic E-state index is -0.749. The summed E-state index contributed by atoms with van der Waals surface area (Å²) in [6.45, 7) is 4.89. The summed E-state index contributed by atoms with van der Waals surface area (Å²) < 4.78 is 11.3. The van der Waals surface area contributed by atoms with Gasteiger partial charge in [0.15, 0.2) is 0 Å². The lowest BCUT2D eigenvalue weighted by Gasteiger charge is -2.22. The van der Waals surface area contributed by atoms with Crippen molar-refractivity contribution >= 4 is 11.0 Å². The first-order valence-corrected chi connectivity index (χ1v) is 5.77. The Balaban J connectivity index is 2.18. The van der Waals surface area contributed by atoms with E-state index < -0.39 is 5.79 Å². The fourth-order valence-electron chi connectivity index (χ4n) is 2.16. The number of nitrogens with zero attached hydrogens (tertiary/aromatic N) is 2. The Hall–Kier alpha value is -1.52. The Kier molecular flexibility index (Phi) is 2.34. The molecule has 0 fully saturated rings. The normalized spacial score (nSPS) is 22.9. The van der Waals surface area contributed by atoms with E-state index in [-0.39, 0.29) is 0 Å². The number of benzene rings is 1. The van der Waals surface area contributed by atoms with Crippen molar-refractivity contribution in [2.24, 2.45) is 0 Å². The summed E-state index contributed by atoms with van der Waals surface area (Å²) in [5.41, 5.74) is 3.45. The number of para-hydroxylation sites is 2. The molecule has 0 amide bonds. The van der Waals surface area contributed by atoms with Crippen molar-refractivity contribution in [1.29, 1.82) is 0 Å². The van der Waals surface area contributed by atoms with E-state index in [1.807, 2.05) is 38.1 Å². The summed E-state index contributed by atoms with van der Waals surface area (Å²) in [5.74, 6) is -0.749. The van der Waals surface area contributed by atoms with Gasteiger partial charge in [0.2, 0.25) is 5.79 Å². The molecule has 1 atom stereocenters. The molecule has 88 valence electrons. The summed E-state index contributed by atoms with van der Waals surface area (Å²) in [7, 11) is 0. The maximum atomic E-state index is 5.68. The monoisotopic (exact) mass is 230 g/mol. The Bertz CT molecular complexity index is 570. The van der Waals surface area contributed by atoms with Gasteiger partial charge < -0.3 is 9.47 Å². The third-order valence-electron chi connectivity index (χ3n) is 2.98. The first-order chi connectivity index (χ1) is 8.23. The molecule has 2 heterocycles. The third kappa shape index (κ3) is 1.61. The SMILES string of the molecule is CCOC1(C)OCc2nc3ccccc3nc21. The highest BCUT2D eigenvalue weighted by Crippen LogP contribution is 2.35. The predicted molar refractivity (Wildman–Crippen MR) is 63.3 cm³/mol. The smallest absolute Gasteiger partial charge is 0.211 e. The standard InChI is InChI=1S/C13H14N2O2/c1-3-16-13(2)12-11(8-17-13)14-9-6-4-5-7-10(9)15-12/h4-7H,3,8H2,1-2H3. The van der Waals surface area contributed by atoms with Gasteiger partial charge in [-0.2, -0.15) is 0 Å². The van der Waals surface area contributed by atoms with E-state index in [2.05, 4.69) is 9.97 Å². The number of aromatic nitrogens is 2. The summed E-state index contributed by atoms with van der Waals surface area (Å²) in [6.07, 6.45) is 0. The van der Waals surface area contributed by atoms with Crippen LogP contribution < -0.4 is 0 Å². The Morgan fingerprint density at radius 3 is 2.71 bits per heavy atom. The van der Waals surface area contributed by atoms with E-state index >= 15 is 0 Å². The average molecular weight is 230 g/mol. The average Bonchev–Trinajstić information content (AvgIpc) is 2.65. The van der Waals surface area contributed by atoms with Gasteiger partial charge in [0.05, 0.1) is 23.3 Å². The number of fused-ring (bicyclic) bond motifs is 2. The molecule has 4 nitrogen and oxygen atoms in total. The van der Waals surface area contributed by atoms with Crippen LogP contribution in [0, 0.1) is 0 Å². The molecule has 0 saturated carbocycles. The molecule has 0 aliphatic carbocycles. The van der Waals surface area contributed by atoms with Crippen molar-refractivity contribution in [3.8, 4) is 0 Å². The lowest BCUT2D eigenvalue weighted by atomic mass is 10.2. The molecule has 1 aliphatic heterocycles. The summed E-state index contributed by atoms with van der Waals surface area (Å²) in [4.78, 5) is 9.18.